The van der Waals surface area contributed by atoms with E-state index >= 15 is 0 Å². The summed E-state index contributed by atoms with van der Waals surface area (Å²) in [4.78, 5) is 25.5. The standard InChI is InChI=1S/C25H38N2O4/c1-5-7-9-10-13-17-30-21-16-12-11-14-19(21)23-22(24(28)31-18(3)4)20(15-8-6-2)26-25(29)27-23/h11-12,14,16,18,23H,5-10,13,15,17H2,1-4H3,(H2,26,27,29). The molecule has 0 aliphatic carbocycles. The number of benzene rings is 1. The third-order valence-electron chi connectivity index (χ3n) is 5.23. The van der Waals surface area contributed by atoms with Gasteiger partial charge in [-0.3, -0.25) is 0 Å². The number of amides is 2. The Labute approximate surface area is 186 Å². The monoisotopic (exact) mass is 430 g/mol. The highest BCUT2D eigenvalue weighted by molar-refractivity contribution is 5.95. The number of para-hydroxylation sites is 1. The predicted molar refractivity (Wildman–Crippen MR) is 123 cm³/mol. The molecule has 0 bridgehead atoms. The largest absolute Gasteiger partial charge is 0.493 e. The molecule has 1 atom stereocenters. The van der Waals surface area contributed by atoms with Gasteiger partial charge in [-0.2, -0.15) is 0 Å². The number of hydrogen-bond acceptors (Lipinski definition) is 4. The maximum atomic E-state index is 13.0. The highest BCUT2D eigenvalue weighted by Crippen LogP contribution is 2.35. The summed E-state index contributed by atoms with van der Waals surface area (Å²) < 4.78 is 11.6. The first-order valence-electron chi connectivity index (χ1n) is 11.7. The molecule has 1 unspecified atom stereocenters. The molecule has 1 aliphatic rings. The van der Waals surface area contributed by atoms with E-state index in [9.17, 15) is 9.59 Å². The first-order valence-corrected chi connectivity index (χ1v) is 11.7. The van der Waals surface area contributed by atoms with Gasteiger partial charge < -0.3 is 20.1 Å². The van der Waals surface area contributed by atoms with Crippen molar-refractivity contribution in [3.63, 3.8) is 0 Å². The summed E-state index contributed by atoms with van der Waals surface area (Å²) in [6, 6.07) is 6.69. The van der Waals surface area contributed by atoms with Gasteiger partial charge in [-0.15, -0.1) is 0 Å². The zero-order valence-electron chi connectivity index (χ0n) is 19.5. The summed E-state index contributed by atoms with van der Waals surface area (Å²) in [6.45, 7) is 8.53. The summed E-state index contributed by atoms with van der Waals surface area (Å²) >= 11 is 0. The van der Waals surface area contributed by atoms with Crippen LogP contribution in [0.5, 0.6) is 5.75 Å². The normalized spacial score (nSPS) is 16.2. The number of nitrogens with one attached hydrogen (secondary N) is 2. The minimum absolute atomic E-state index is 0.250. The van der Waals surface area contributed by atoms with Crippen LogP contribution in [0.15, 0.2) is 35.5 Å². The number of hydrogen-bond donors (Lipinski definition) is 2. The van der Waals surface area contributed by atoms with E-state index in [0.717, 1.165) is 31.2 Å². The molecule has 2 amide bonds. The molecule has 1 aliphatic heterocycles. The van der Waals surface area contributed by atoms with Crippen LogP contribution in [0.1, 0.15) is 90.7 Å². The number of allylic oxidation sites excluding steroid dienone is 1. The van der Waals surface area contributed by atoms with E-state index < -0.39 is 12.0 Å². The van der Waals surface area contributed by atoms with Gasteiger partial charge in [0.05, 0.1) is 24.3 Å². The molecule has 0 saturated carbocycles. The fraction of sp³-hybridized carbons (Fsp3) is 0.600. The molecule has 2 rings (SSSR count). The van der Waals surface area contributed by atoms with Crippen LogP contribution in [0.4, 0.5) is 4.79 Å². The van der Waals surface area contributed by atoms with Crippen LogP contribution in [0.2, 0.25) is 0 Å². The second kappa shape index (κ2) is 13.0. The van der Waals surface area contributed by atoms with Gasteiger partial charge in [-0.05, 0) is 39.2 Å². The van der Waals surface area contributed by atoms with Crippen LogP contribution in [-0.2, 0) is 9.53 Å². The van der Waals surface area contributed by atoms with Crippen molar-refractivity contribution in [2.75, 3.05) is 6.61 Å². The zero-order valence-corrected chi connectivity index (χ0v) is 19.5. The van der Waals surface area contributed by atoms with E-state index in [2.05, 4.69) is 24.5 Å². The Morgan fingerprint density at radius 3 is 2.45 bits per heavy atom. The maximum Gasteiger partial charge on any atom is 0.338 e. The van der Waals surface area contributed by atoms with Gasteiger partial charge in [-0.1, -0.05) is 64.2 Å². The third kappa shape index (κ3) is 7.60. The summed E-state index contributed by atoms with van der Waals surface area (Å²) in [5.41, 5.74) is 1.87. The Morgan fingerprint density at radius 1 is 1.03 bits per heavy atom. The van der Waals surface area contributed by atoms with Crippen LogP contribution in [0.3, 0.4) is 0 Å². The van der Waals surface area contributed by atoms with E-state index in [1.165, 1.54) is 19.3 Å². The van der Waals surface area contributed by atoms with Crippen molar-refractivity contribution in [2.45, 2.75) is 91.2 Å². The van der Waals surface area contributed by atoms with E-state index in [1.54, 1.807) is 0 Å². The smallest absolute Gasteiger partial charge is 0.338 e. The fourth-order valence-electron chi connectivity index (χ4n) is 3.66. The summed E-state index contributed by atoms with van der Waals surface area (Å²) in [5.74, 6) is 0.280. The quantitative estimate of drug-likeness (QED) is 0.307. The molecule has 31 heavy (non-hydrogen) atoms. The van der Waals surface area contributed by atoms with Crippen molar-refractivity contribution in [1.82, 2.24) is 10.6 Å². The lowest BCUT2D eigenvalue weighted by Crippen LogP contribution is -2.46. The zero-order chi connectivity index (χ0) is 22.6. The molecule has 6 nitrogen and oxygen atoms in total. The van der Waals surface area contributed by atoms with Crippen molar-refractivity contribution in [3.05, 3.63) is 41.1 Å². The second-order valence-corrected chi connectivity index (χ2v) is 8.28. The van der Waals surface area contributed by atoms with E-state index in [-0.39, 0.29) is 12.1 Å². The average molecular weight is 431 g/mol. The van der Waals surface area contributed by atoms with Crippen molar-refractivity contribution in [2.24, 2.45) is 0 Å². The molecule has 0 fully saturated rings. The molecule has 0 radical (unpaired) electrons. The number of urea groups is 1. The molecule has 6 heteroatoms. The van der Waals surface area contributed by atoms with Gasteiger partial charge >= 0.3 is 12.0 Å². The molecule has 2 N–H and O–H groups in total. The Kier molecular flexibility index (Phi) is 10.4. The average Bonchev–Trinajstić information content (AvgIpc) is 2.74. The molecule has 1 aromatic rings. The first-order chi connectivity index (χ1) is 15.0. The van der Waals surface area contributed by atoms with E-state index in [4.69, 9.17) is 9.47 Å². The first kappa shape index (κ1) is 24.8. The van der Waals surface area contributed by atoms with Crippen molar-refractivity contribution >= 4 is 12.0 Å². The molecule has 0 spiro atoms. The molecular formula is C25H38N2O4. The number of carbonyl (C=O) groups is 2. The molecular weight excluding hydrogens is 392 g/mol. The molecule has 1 aromatic carbocycles. The molecule has 172 valence electrons. The third-order valence-corrected chi connectivity index (χ3v) is 5.23. The Morgan fingerprint density at radius 2 is 1.74 bits per heavy atom. The highest BCUT2D eigenvalue weighted by atomic mass is 16.5. The van der Waals surface area contributed by atoms with Gasteiger partial charge in [0.2, 0.25) is 0 Å². The Balaban J connectivity index is 2.30. The molecule has 0 saturated heterocycles. The number of rotatable bonds is 13. The second-order valence-electron chi connectivity index (χ2n) is 8.28. The number of carbonyl (C=O) groups excluding carboxylic acids is 2. The fourth-order valence-corrected chi connectivity index (χ4v) is 3.66. The SMILES string of the molecule is CCCCCCCOc1ccccc1C1NC(=O)NC(CCCC)=C1C(=O)OC(C)C. The van der Waals surface area contributed by atoms with Gasteiger partial charge in [0.1, 0.15) is 5.75 Å². The van der Waals surface area contributed by atoms with Crippen LogP contribution in [0.25, 0.3) is 0 Å². The number of unbranched alkanes of at least 4 members (excludes halogenated alkanes) is 5. The van der Waals surface area contributed by atoms with Crippen LogP contribution in [-0.4, -0.2) is 24.7 Å². The summed E-state index contributed by atoms with van der Waals surface area (Å²) in [6.07, 6.45) is 7.97. The maximum absolute atomic E-state index is 13.0. The van der Waals surface area contributed by atoms with Gasteiger partial charge in [-0.25, -0.2) is 9.59 Å². The predicted octanol–water partition coefficient (Wildman–Crippen LogP) is 5.79. The van der Waals surface area contributed by atoms with Crippen LogP contribution < -0.4 is 15.4 Å². The Bertz CT molecular complexity index is 758. The lowest BCUT2D eigenvalue weighted by Gasteiger charge is -2.30. The van der Waals surface area contributed by atoms with E-state index in [0.29, 0.717) is 30.0 Å². The topological polar surface area (TPSA) is 76.7 Å². The van der Waals surface area contributed by atoms with Gasteiger partial charge in [0.15, 0.2) is 0 Å². The lowest BCUT2D eigenvalue weighted by molar-refractivity contribution is -0.143. The molecule has 0 aromatic heterocycles. The highest BCUT2D eigenvalue weighted by Gasteiger charge is 2.35. The summed E-state index contributed by atoms with van der Waals surface area (Å²) in [5, 5.41) is 5.75. The Hall–Kier alpha value is -2.50. The summed E-state index contributed by atoms with van der Waals surface area (Å²) in [7, 11) is 0. The van der Waals surface area contributed by atoms with Gasteiger partial charge in [0.25, 0.3) is 0 Å². The minimum atomic E-state index is -0.608. The van der Waals surface area contributed by atoms with Crippen molar-refractivity contribution < 1.29 is 19.1 Å². The molecule has 1 heterocycles. The van der Waals surface area contributed by atoms with E-state index in [1.807, 2.05) is 38.1 Å². The van der Waals surface area contributed by atoms with Crippen LogP contribution >= 0.6 is 0 Å². The van der Waals surface area contributed by atoms with Gasteiger partial charge in [0, 0.05) is 11.3 Å². The van der Waals surface area contributed by atoms with Crippen molar-refractivity contribution in [3.8, 4) is 5.75 Å². The minimum Gasteiger partial charge on any atom is -0.493 e. The van der Waals surface area contributed by atoms with Crippen LogP contribution in [0, 0.1) is 0 Å². The number of esters is 1. The van der Waals surface area contributed by atoms with Crippen molar-refractivity contribution in [1.29, 1.82) is 0 Å². The lowest BCUT2D eigenvalue weighted by atomic mass is 9.93. The number of ether oxygens (including phenoxy) is 2.